The molecule has 110 valence electrons. The number of halogens is 2. The van der Waals surface area contributed by atoms with Crippen molar-refractivity contribution in [2.45, 2.75) is 19.4 Å². The van der Waals surface area contributed by atoms with E-state index in [1.165, 1.54) is 0 Å². The van der Waals surface area contributed by atoms with E-state index in [-0.39, 0.29) is 12.2 Å². The van der Waals surface area contributed by atoms with Gasteiger partial charge in [-0.3, -0.25) is 4.79 Å². The lowest BCUT2D eigenvalue weighted by Crippen LogP contribution is -2.14. The number of carbonyl (C=O) groups excluding carboxylic acids is 1. The lowest BCUT2D eigenvalue weighted by Gasteiger charge is -2.12. The van der Waals surface area contributed by atoms with Gasteiger partial charge in [0.1, 0.15) is 18.2 Å². The van der Waals surface area contributed by atoms with Crippen molar-refractivity contribution in [3.05, 3.63) is 65.2 Å². The lowest BCUT2D eigenvalue weighted by atomic mass is 10.0. The van der Waals surface area contributed by atoms with Crippen LogP contribution in [0, 0.1) is 11.6 Å². The Morgan fingerprint density at radius 3 is 2.71 bits per heavy atom. The number of rotatable bonds is 4. The van der Waals surface area contributed by atoms with Crippen LogP contribution in [0.3, 0.4) is 0 Å². The van der Waals surface area contributed by atoms with Gasteiger partial charge in [0.05, 0.1) is 5.92 Å². The summed E-state index contributed by atoms with van der Waals surface area (Å²) in [5.74, 6) is -2.25. The van der Waals surface area contributed by atoms with Crippen molar-refractivity contribution in [2.24, 2.45) is 0 Å². The number of hydrogen-bond donors (Lipinski definition) is 1. The van der Waals surface area contributed by atoms with E-state index in [2.05, 4.69) is 0 Å². The molecule has 5 heteroatoms. The summed E-state index contributed by atoms with van der Waals surface area (Å²) in [5.41, 5.74) is 6.91. The standard InChI is InChI=1S/C16H15F2NO2/c1-10(11-3-2-4-14(19)8-11)16(20)21-9-12-7-13(17)5-6-15(12)18/h2-8,10H,9,19H2,1H3. The molecule has 0 fully saturated rings. The molecular weight excluding hydrogens is 276 g/mol. The highest BCUT2D eigenvalue weighted by atomic mass is 19.1. The zero-order valence-electron chi connectivity index (χ0n) is 11.5. The van der Waals surface area contributed by atoms with Gasteiger partial charge in [0.2, 0.25) is 0 Å². The predicted molar refractivity (Wildman–Crippen MR) is 75.4 cm³/mol. The van der Waals surface area contributed by atoms with Crippen molar-refractivity contribution in [1.82, 2.24) is 0 Å². The molecule has 2 N–H and O–H groups in total. The summed E-state index contributed by atoms with van der Waals surface area (Å²) >= 11 is 0. The molecule has 0 aliphatic carbocycles. The van der Waals surface area contributed by atoms with Crippen LogP contribution < -0.4 is 5.73 Å². The Labute approximate surface area is 121 Å². The number of carbonyl (C=O) groups is 1. The molecule has 0 aliphatic rings. The zero-order valence-corrected chi connectivity index (χ0v) is 11.5. The highest BCUT2D eigenvalue weighted by Crippen LogP contribution is 2.20. The fraction of sp³-hybridized carbons (Fsp3) is 0.188. The molecule has 1 unspecified atom stereocenters. The normalized spacial score (nSPS) is 12.0. The maximum Gasteiger partial charge on any atom is 0.313 e. The third-order valence-electron chi connectivity index (χ3n) is 3.14. The molecule has 0 amide bonds. The smallest absolute Gasteiger partial charge is 0.313 e. The Morgan fingerprint density at radius 1 is 1.24 bits per heavy atom. The van der Waals surface area contributed by atoms with Gasteiger partial charge in [-0.15, -0.1) is 0 Å². The molecule has 0 saturated carbocycles. The molecule has 0 saturated heterocycles. The van der Waals surface area contributed by atoms with E-state index < -0.39 is 23.5 Å². The van der Waals surface area contributed by atoms with E-state index >= 15 is 0 Å². The minimum atomic E-state index is -0.610. The van der Waals surface area contributed by atoms with Gasteiger partial charge in [0.15, 0.2) is 0 Å². The van der Waals surface area contributed by atoms with E-state index in [0.29, 0.717) is 11.3 Å². The van der Waals surface area contributed by atoms with Crippen LogP contribution in [0.15, 0.2) is 42.5 Å². The van der Waals surface area contributed by atoms with Crippen LogP contribution in [0.2, 0.25) is 0 Å². The largest absolute Gasteiger partial charge is 0.460 e. The second kappa shape index (κ2) is 6.35. The Balaban J connectivity index is 2.03. The maximum atomic E-state index is 13.4. The fourth-order valence-corrected chi connectivity index (χ4v) is 1.89. The van der Waals surface area contributed by atoms with Gasteiger partial charge in [0, 0.05) is 11.3 Å². The molecule has 0 heterocycles. The van der Waals surface area contributed by atoms with Gasteiger partial charge < -0.3 is 10.5 Å². The van der Waals surface area contributed by atoms with Crippen LogP contribution in [0.25, 0.3) is 0 Å². The Kier molecular flexibility index (Phi) is 4.52. The van der Waals surface area contributed by atoms with Crippen LogP contribution in [-0.2, 0) is 16.1 Å². The average molecular weight is 291 g/mol. The van der Waals surface area contributed by atoms with E-state index in [1.54, 1.807) is 31.2 Å². The predicted octanol–water partition coefficient (Wildman–Crippen LogP) is 3.39. The first-order valence-corrected chi connectivity index (χ1v) is 6.43. The summed E-state index contributed by atoms with van der Waals surface area (Å²) in [4.78, 5) is 11.9. The molecule has 21 heavy (non-hydrogen) atoms. The lowest BCUT2D eigenvalue weighted by molar-refractivity contribution is -0.146. The van der Waals surface area contributed by atoms with E-state index in [4.69, 9.17) is 10.5 Å². The summed E-state index contributed by atoms with van der Waals surface area (Å²) in [5, 5.41) is 0. The summed E-state index contributed by atoms with van der Waals surface area (Å²) in [7, 11) is 0. The number of anilines is 1. The summed E-state index contributed by atoms with van der Waals surface area (Å²) in [6.45, 7) is 1.36. The number of nitrogen functional groups attached to an aromatic ring is 1. The molecule has 2 aromatic carbocycles. The molecule has 3 nitrogen and oxygen atoms in total. The number of nitrogens with two attached hydrogens (primary N) is 1. The van der Waals surface area contributed by atoms with Crippen molar-refractivity contribution in [1.29, 1.82) is 0 Å². The minimum Gasteiger partial charge on any atom is -0.460 e. The van der Waals surface area contributed by atoms with E-state index in [1.807, 2.05) is 0 Å². The first kappa shape index (κ1) is 15.0. The van der Waals surface area contributed by atoms with E-state index in [9.17, 15) is 13.6 Å². The van der Waals surface area contributed by atoms with Crippen LogP contribution in [-0.4, -0.2) is 5.97 Å². The Bertz CT molecular complexity index is 658. The highest BCUT2D eigenvalue weighted by Gasteiger charge is 2.17. The molecule has 0 aliphatic heterocycles. The Hall–Kier alpha value is -2.43. The van der Waals surface area contributed by atoms with Crippen LogP contribution in [0.4, 0.5) is 14.5 Å². The maximum absolute atomic E-state index is 13.4. The first-order chi connectivity index (χ1) is 9.97. The Morgan fingerprint density at radius 2 is 2.00 bits per heavy atom. The molecule has 2 rings (SSSR count). The minimum absolute atomic E-state index is 0.00289. The van der Waals surface area contributed by atoms with Gasteiger partial charge in [-0.2, -0.15) is 0 Å². The second-order valence-electron chi connectivity index (χ2n) is 4.74. The second-order valence-corrected chi connectivity index (χ2v) is 4.74. The fourth-order valence-electron chi connectivity index (χ4n) is 1.89. The molecule has 2 aromatic rings. The van der Waals surface area contributed by atoms with Gasteiger partial charge in [-0.1, -0.05) is 12.1 Å². The molecular formula is C16H15F2NO2. The van der Waals surface area contributed by atoms with Gasteiger partial charge >= 0.3 is 5.97 Å². The quantitative estimate of drug-likeness (QED) is 0.694. The van der Waals surface area contributed by atoms with Crippen molar-refractivity contribution in [2.75, 3.05) is 5.73 Å². The molecule has 0 bridgehead atoms. The SMILES string of the molecule is CC(C(=O)OCc1cc(F)ccc1F)c1cccc(N)c1. The van der Waals surface area contributed by atoms with Crippen molar-refractivity contribution in [3.63, 3.8) is 0 Å². The number of esters is 1. The van der Waals surface area contributed by atoms with Crippen LogP contribution in [0.1, 0.15) is 24.0 Å². The van der Waals surface area contributed by atoms with Crippen molar-refractivity contribution in [3.8, 4) is 0 Å². The third kappa shape index (κ3) is 3.78. The summed E-state index contributed by atoms with van der Waals surface area (Å²) in [6.07, 6.45) is 0. The van der Waals surface area contributed by atoms with Gasteiger partial charge in [-0.25, -0.2) is 8.78 Å². The average Bonchev–Trinajstić information content (AvgIpc) is 2.47. The molecule has 0 radical (unpaired) electrons. The molecule has 1 atom stereocenters. The molecule has 0 aromatic heterocycles. The van der Waals surface area contributed by atoms with E-state index in [0.717, 1.165) is 18.2 Å². The van der Waals surface area contributed by atoms with Crippen molar-refractivity contribution < 1.29 is 18.3 Å². The van der Waals surface area contributed by atoms with Crippen LogP contribution >= 0.6 is 0 Å². The monoisotopic (exact) mass is 291 g/mol. The zero-order chi connectivity index (χ0) is 15.4. The highest BCUT2D eigenvalue weighted by molar-refractivity contribution is 5.78. The topological polar surface area (TPSA) is 52.3 Å². The number of ether oxygens (including phenoxy) is 1. The van der Waals surface area contributed by atoms with Crippen LogP contribution in [0.5, 0.6) is 0 Å². The summed E-state index contributed by atoms with van der Waals surface area (Å²) < 4.78 is 31.5. The van der Waals surface area contributed by atoms with Gasteiger partial charge in [-0.05, 0) is 42.8 Å². The summed E-state index contributed by atoms with van der Waals surface area (Å²) in [6, 6.07) is 9.90. The number of hydrogen-bond acceptors (Lipinski definition) is 3. The first-order valence-electron chi connectivity index (χ1n) is 6.43. The molecule has 0 spiro atoms. The van der Waals surface area contributed by atoms with Crippen molar-refractivity contribution >= 4 is 11.7 Å². The third-order valence-corrected chi connectivity index (χ3v) is 3.14. The van der Waals surface area contributed by atoms with Gasteiger partial charge in [0.25, 0.3) is 0 Å². The number of benzene rings is 2.